The molecule has 0 spiro atoms. The summed E-state index contributed by atoms with van der Waals surface area (Å²) in [4.78, 5) is 39.1. The van der Waals surface area contributed by atoms with Crippen molar-refractivity contribution in [2.45, 2.75) is 66.0 Å². The first kappa shape index (κ1) is 33.1. The second kappa shape index (κ2) is 12.9. The maximum Gasteiger partial charge on any atom is 0.361 e. The number of nitrogen functional groups attached to an aromatic ring is 1. The van der Waals surface area contributed by atoms with E-state index in [-0.39, 0.29) is 23.4 Å². The molecule has 0 aliphatic carbocycles. The average Bonchev–Trinajstić information content (AvgIpc) is 3.44. The minimum absolute atomic E-state index is 0.119. The van der Waals surface area contributed by atoms with Crippen LogP contribution in [-0.2, 0) is 42.1 Å². The molecular formula is C23H35N8O10P. The van der Waals surface area contributed by atoms with Gasteiger partial charge in [-0.15, -0.1) is 0 Å². The van der Waals surface area contributed by atoms with E-state index in [9.17, 15) is 24.8 Å². The molecule has 3 N–H and O–H groups in total. The van der Waals surface area contributed by atoms with Gasteiger partial charge < -0.3 is 29.8 Å². The van der Waals surface area contributed by atoms with E-state index in [1.165, 1.54) is 17.2 Å². The third-order valence-corrected chi connectivity index (χ3v) is 7.26. The molecule has 1 aliphatic rings. The molecule has 0 bridgehead atoms. The Morgan fingerprint density at radius 1 is 1.17 bits per heavy atom. The Morgan fingerprint density at radius 2 is 1.76 bits per heavy atom. The summed E-state index contributed by atoms with van der Waals surface area (Å²) < 4.78 is 46.7. The van der Waals surface area contributed by atoms with Crippen LogP contribution < -0.4 is 5.73 Å². The summed E-state index contributed by atoms with van der Waals surface area (Å²) in [5.74, 6) is -1.14. The lowest BCUT2D eigenvalue weighted by Gasteiger charge is -2.25. The third-order valence-electron chi connectivity index (χ3n) is 5.77. The van der Waals surface area contributed by atoms with Crippen molar-refractivity contribution in [1.29, 1.82) is 0 Å². The second-order valence-electron chi connectivity index (χ2n) is 11.4. The maximum atomic E-state index is 13.4. The fourth-order valence-electron chi connectivity index (χ4n) is 3.53. The normalized spacial score (nSPS) is 21.2. The number of aliphatic hydroxyl groups is 1. The third kappa shape index (κ3) is 8.13. The predicted molar refractivity (Wildman–Crippen MR) is 144 cm³/mol. The Hall–Kier alpha value is -3.37. The molecule has 3 atom stereocenters. The molecule has 42 heavy (non-hydrogen) atoms. The van der Waals surface area contributed by atoms with Crippen LogP contribution in [0.5, 0.6) is 0 Å². The van der Waals surface area contributed by atoms with E-state index in [4.69, 9.17) is 33.7 Å². The van der Waals surface area contributed by atoms with Gasteiger partial charge in [-0.1, -0.05) is 5.11 Å². The summed E-state index contributed by atoms with van der Waals surface area (Å²) in [6.45, 7) is 7.71. The van der Waals surface area contributed by atoms with E-state index in [1.54, 1.807) is 41.5 Å². The summed E-state index contributed by atoms with van der Waals surface area (Å²) >= 11 is 0. The van der Waals surface area contributed by atoms with Gasteiger partial charge in [0.05, 0.1) is 23.8 Å². The number of imidazole rings is 1. The van der Waals surface area contributed by atoms with Crippen LogP contribution in [-0.4, -0.2) is 74.9 Å². The Morgan fingerprint density at radius 3 is 2.31 bits per heavy atom. The highest BCUT2D eigenvalue weighted by molar-refractivity contribution is 7.53. The SMILES string of the molecule is CC(C)(C)C(=O)OCOP(=O)(COC[C@]1(N=[N+]=[N-])CC(O)[C@H](n2cnc3c(N)ncnc32)O1)OCOC(=O)C(C)(C)C. The molecule has 2 aromatic rings. The van der Waals surface area contributed by atoms with Gasteiger partial charge in [-0.25, -0.2) is 15.0 Å². The fourth-order valence-corrected chi connectivity index (χ4v) is 4.49. The van der Waals surface area contributed by atoms with Crippen LogP contribution in [0.2, 0.25) is 0 Å². The molecule has 1 saturated heterocycles. The highest BCUT2D eigenvalue weighted by Gasteiger charge is 2.48. The smallest absolute Gasteiger partial charge is 0.361 e. The average molecular weight is 615 g/mol. The summed E-state index contributed by atoms with van der Waals surface area (Å²) in [6, 6.07) is 0. The number of rotatable bonds is 12. The van der Waals surface area contributed by atoms with Crippen molar-refractivity contribution in [3.63, 3.8) is 0 Å². The number of hydrogen-bond donors (Lipinski definition) is 2. The van der Waals surface area contributed by atoms with Gasteiger partial charge in [0.25, 0.3) is 0 Å². The topological polar surface area (TPSA) is 245 Å². The first-order valence-electron chi connectivity index (χ1n) is 12.7. The number of azide groups is 1. The molecular weight excluding hydrogens is 579 g/mol. The molecule has 0 amide bonds. The lowest BCUT2D eigenvalue weighted by atomic mass is 9.98. The van der Waals surface area contributed by atoms with Gasteiger partial charge in [-0.2, -0.15) is 0 Å². The van der Waals surface area contributed by atoms with E-state index < -0.39 is 75.0 Å². The number of esters is 2. The van der Waals surface area contributed by atoms with Gasteiger partial charge >= 0.3 is 19.5 Å². The molecule has 0 saturated carbocycles. The lowest BCUT2D eigenvalue weighted by molar-refractivity contribution is -0.162. The van der Waals surface area contributed by atoms with Crippen molar-refractivity contribution in [1.82, 2.24) is 19.5 Å². The number of hydrogen-bond acceptors (Lipinski definition) is 15. The first-order valence-corrected chi connectivity index (χ1v) is 14.4. The summed E-state index contributed by atoms with van der Waals surface area (Å²) in [5.41, 5.74) is 12.1. The summed E-state index contributed by atoms with van der Waals surface area (Å²) in [7, 11) is -4.23. The van der Waals surface area contributed by atoms with Crippen molar-refractivity contribution < 1.29 is 47.3 Å². The van der Waals surface area contributed by atoms with Crippen LogP contribution in [0.1, 0.15) is 54.2 Å². The van der Waals surface area contributed by atoms with Crippen LogP contribution in [0.15, 0.2) is 17.8 Å². The predicted octanol–water partition coefficient (Wildman–Crippen LogP) is 2.99. The molecule has 3 rings (SSSR count). The van der Waals surface area contributed by atoms with Gasteiger partial charge in [-0.05, 0) is 47.1 Å². The first-order chi connectivity index (χ1) is 19.5. The monoisotopic (exact) mass is 614 g/mol. The van der Waals surface area contributed by atoms with E-state index >= 15 is 0 Å². The maximum absolute atomic E-state index is 13.4. The van der Waals surface area contributed by atoms with Gasteiger partial charge in [0.15, 0.2) is 23.4 Å². The number of fused-ring (bicyclic) bond motifs is 1. The molecule has 19 heteroatoms. The largest absolute Gasteiger partial charge is 0.438 e. The number of carbonyl (C=O) groups excluding carboxylic acids is 2. The van der Waals surface area contributed by atoms with Crippen molar-refractivity contribution in [2.75, 3.05) is 32.3 Å². The summed E-state index contributed by atoms with van der Waals surface area (Å²) in [6.07, 6.45) is -0.731. The number of carbonyl (C=O) groups is 2. The zero-order valence-corrected chi connectivity index (χ0v) is 25.0. The van der Waals surface area contributed by atoms with Crippen molar-refractivity contribution in [3.05, 3.63) is 23.1 Å². The Balaban J connectivity index is 1.71. The lowest BCUT2D eigenvalue weighted by Crippen LogP contribution is -2.32. The second-order valence-corrected chi connectivity index (χ2v) is 13.4. The van der Waals surface area contributed by atoms with Crippen LogP contribution in [0.3, 0.4) is 0 Å². The number of nitrogens with two attached hydrogens (primary N) is 1. The highest BCUT2D eigenvalue weighted by Crippen LogP contribution is 2.49. The van der Waals surface area contributed by atoms with E-state index in [2.05, 4.69) is 25.0 Å². The molecule has 2 aromatic heterocycles. The van der Waals surface area contributed by atoms with Crippen LogP contribution in [0.4, 0.5) is 5.82 Å². The van der Waals surface area contributed by atoms with Crippen molar-refractivity contribution in [2.24, 2.45) is 15.9 Å². The number of aliphatic hydroxyl groups excluding tert-OH is 1. The van der Waals surface area contributed by atoms with Crippen LogP contribution in [0.25, 0.3) is 21.6 Å². The molecule has 232 valence electrons. The van der Waals surface area contributed by atoms with Gasteiger partial charge in [-0.3, -0.25) is 27.8 Å². The molecule has 3 heterocycles. The molecule has 0 radical (unpaired) electrons. The fraction of sp³-hybridized carbons (Fsp3) is 0.696. The standard InChI is InChI=1S/C23H35N8O10P/c1-21(2,3)19(33)37-11-39-42(35,40-12-38-20(34)22(4,5)6)13-36-8-23(29-30-25)7-14(32)18(41-23)31-10-28-15-16(24)26-9-27-17(15)31/h9-10,14,18,32H,7-8,11-13H2,1-6H3,(H2,24,26,27)/t14?,18-,23+/m1/s1. The quantitative estimate of drug-likeness (QED) is 0.0871. The number of nitrogens with zero attached hydrogens (tertiary/aromatic N) is 7. The number of anilines is 1. The summed E-state index contributed by atoms with van der Waals surface area (Å²) in [5, 5.41) is 14.5. The minimum Gasteiger partial charge on any atom is -0.438 e. The molecule has 1 fully saturated rings. The highest BCUT2D eigenvalue weighted by atomic mass is 31.2. The van der Waals surface area contributed by atoms with E-state index in [1.807, 2.05) is 0 Å². The molecule has 1 aliphatic heterocycles. The Bertz CT molecular complexity index is 1350. The van der Waals surface area contributed by atoms with Gasteiger partial charge in [0.2, 0.25) is 13.6 Å². The zero-order chi connectivity index (χ0) is 31.3. The Kier molecular flexibility index (Phi) is 10.2. The van der Waals surface area contributed by atoms with Crippen molar-refractivity contribution >= 4 is 36.5 Å². The molecule has 1 unspecified atom stereocenters. The van der Waals surface area contributed by atoms with E-state index in [0.29, 0.717) is 0 Å². The molecule has 0 aromatic carbocycles. The van der Waals surface area contributed by atoms with Gasteiger partial charge in [0, 0.05) is 11.3 Å². The zero-order valence-electron chi connectivity index (χ0n) is 24.1. The van der Waals surface area contributed by atoms with Crippen LogP contribution >= 0.6 is 7.60 Å². The molecule has 18 nitrogen and oxygen atoms in total. The Labute approximate surface area is 240 Å². The minimum atomic E-state index is -4.23. The van der Waals surface area contributed by atoms with E-state index in [0.717, 1.165) is 0 Å². The van der Waals surface area contributed by atoms with Crippen LogP contribution in [0, 0.1) is 10.8 Å². The van der Waals surface area contributed by atoms with Gasteiger partial charge in [0.1, 0.15) is 24.3 Å². The number of aromatic nitrogens is 4. The number of ether oxygens (including phenoxy) is 4. The van der Waals surface area contributed by atoms with Crippen molar-refractivity contribution in [3.8, 4) is 0 Å².